The number of aliphatic hydroxyl groups is 1. The summed E-state index contributed by atoms with van der Waals surface area (Å²) < 4.78 is 29.5. The maximum absolute atomic E-state index is 12.5. The highest BCUT2D eigenvalue weighted by Gasteiger charge is 2.28. The highest BCUT2D eigenvalue weighted by Crippen LogP contribution is 2.09. The Morgan fingerprint density at radius 2 is 2.00 bits per heavy atom. The van der Waals surface area contributed by atoms with E-state index in [2.05, 4.69) is 4.74 Å². The molecule has 0 aromatic heterocycles. The quantitative estimate of drug-likeness (QED) is 0.617. The van der Waals surface area contributed by atoms with Crippen LogP contribution in [0.3, 0.4) is 0 Å². The second-order valence-corrected chi connectivity index (χ2v) is 3.10. The number of hydrogen-bond donors (Lipinski definition) is 2. The fourth-order valence-corrected chi connectivity index (χ4v) is 0.821. The Morgan fingerprint density at radius 1 is 1.38 bits per heavy atom. The zero-order valence-corrected chi connectivity index (χ0v) is 8.96. The van der Waals surface area contributed by atoms with Crippen molar-refractivity contribution < 1.29 is 28.2 Å². The predicted molar refractivity (Wildman–Crippen MR) is 50.9 cm³/mol. The average molecular weight is 239 g/mol. The van der Waals surface area contributed by atoms with E-state index in [-0.39, 0.29) is 19.4 Å². The molecule has 0 atom stereocenters. The second kappa shape index (κ2) is 7.10. The van der Waals surface area contributed by atoms with Crippen LogP contribution in [0.2, 0.25) is 0 Å². The fourth-order valence-electron chi connectivity index (χ4n) is 0.821. The third-order valence-electron chi connectivity index (χ3n) is 1.64. The number of esters is 1. The molecule has 94 valence electrons. The monoisotopic (exact) mass is 239 g/mol. The van der Waals surface area contributed by atoms with E-state index in [1.54, 1.807) is 6.92 Å². The van der Waals surface area contributed by atoms with E-state index in [1.807, 2.05) is 5.32 Å². The molecule has 0 fully saturated rings. The van der Waals surface area contributed by atoms with E-state index in [0.29, 0.717) is 0 Å². The number of amides is 1. The van der Waals surface area contributed by atoms with E-state index in [4.69, 9.17) is 5.11 Å². The lowest BCUT2D eigenvalue weighted by atomic mass is 10.3. The van der Waals surface area contributed by atoms with Gasteiger partial charge in [0, 0.05) is 6.42 Å². The van der Waals surface area contributed by atoms with Gasteiger partial charge in [-0.3, -0.25) is 9.59 Å². The smallest absolute Gasteiger partial charge is 0.306 e. The van der Waals surface area contributed by atoms with E-state index in [0.717, 1.165) is 0 Å². The minimum absolute atomic E-state index is 0.148. The number of carbonyl (C=O) groups excluding carboxylic acids is 2. The maximum atomic E-state index is 12.5. The summed E-state index contributed by atoms with van der Waals surface area (Å²) >= 11 is 0. The zero-order valence-electron chi connectivity index (χ0n) is 8.96. The molecule has 5 nitrogen and oxygen atoms in total. The summed E-state index contributed by atoms with van der Waals surface area (Å²) in [5.74, 6) is -4.56. The van der Waals surface area contributed by atoms with Crippen molar-refractivity contribution in [3.05, 3.63) is 0 Å². The lowest BCUT2D eigenvalue weighted by molar-refractivity contribution is -0.144. The Balaban J connectivity index is 3.71. The predicted octanol–water partition coefficient (Wildman–Crippen LogP) is 0.0735. The molecule has 7 heteroatoms. The van der Waals surface area contributed by atoms with Crippen molar-refractivity contribution in [3.8, 4) is 0 Å². The Hall–Kier alpha value is -1.24. The standard InChI is InChI=1S/C9H15F2NO4/c1-2-16-8(15)4-3-7(14)12-5-9(10,11)6-13/h13H,2-6H2,1H3,(H,12,14). The fraction of sp³-hybridized carbons (Fsp3) is 0.778. The molecule has 0 aliphatic heterocycles. The minimum Gasteiger partial charge on any atom is -0.466 e. The van der Waals surface area contributed by atoms with Gasteiger partial charge in [-0.05, 0) is 6.92 Å². The van der Waals surface area contributed by atoms with Crippen LogP contribution in [0.1, 0.15) is 19.8 Å². The highest BCUT2D eigenvalue weighted by molar-refractivity contribution is 5.81. The number of alkyl halides is 2. The first-order valence-electron chi connectivity index (χ1n) is 4.82. The summed E-state index contributed by atoms with van der Waals surface area (Å²) in [5, 5.41) is 10.1. The molecule has 1 amide bonds. The summed E-state index contributed by atoms with van der Waals surface area (Å²) in [6.45, 7) is -0.431. The minimum atomic E-state index is -3.33. The van der Waals surface area contributed by atoms with Crippen molar-refractivity contribution in [2.75, 3.05) is 19.8 Å². The molecule has 0 aromatic carbocycles. The van der Waals surface area contributed by atoms with Crippen molar-refractivity contribution in [2.45, 2.75) is 25.7 Å². The Bertz CT molecular complexity index is 246. The summed E-state index contributed by atoms with van der Waals surface area (Å²) in [6.07, 6.45) is -0.356. The number of carbonyl (C=O) groups is 2. The molecule has 0 aliphatic rings. The highest BCUT2D eigenvalue weighted by atomic mass is 19.3. The molecule has 0 aromatic rings. The van der Waals surface area contributed by atoms with Crippen molar-refractivity contribution >= 4 is 11.9 Å². The first-order valence-corrected chi connectivity index (χ1v) is 4.82. The summed E-state index contributed by atoms with van der Waals surface area (Å²) in [7, 11) is 0. The van der Waals surface area contributed by atoms with Crippen LogP contribution in [0.15, 0.2) is 0 Å². The third-order valence-corrected chi connectivity index (χ3v) is 1.64. The van der Waals surface area contributed by atoms with Gasteiger partial charge in [0.2, 0.25) is 5.91 Å². The van der Waals surface area contributed by atoms with Crippen LogP contribution in [-0.2, 0) is 14.3 Å². The van der Waals surface area contributed by atoms with E-state index in [9.17, 15) is 18.4 Å². The number of aliphatic hydroxyl groups excluding tert-OH is 1. The molecule has 0 saturated heterocycles. The van der Waals surface area contributed by atoms with Gasteiger partial charge in [0.25, 0.3) is 5.92 Å². The van der Waals surface area contributed by atoms with E-state index in [1.165, 1.54) is 0 Å². The van der Waals surface area contributed by atoms with Crippen LogP contribution in [0.5, 0.6) is 0 Å². The van der Waals surface area contributed by atoms with Crippen molar-refractivity contribution in [1.82, 2.24) is 5.32 Å². The van der Waals surface area contributed by atoms with Gasteiger partial charge < -0.3 is 15.2 Å². The van der Waals surface area contributed by atoms with Gasteiger partial charge in [-0.25, -0.2) is 8.78 Å². The zero-order chi connectivity index (χ0) is 12.6. The van der Waals surface area contributed by atoms with E-state index >= 15 is 0 Å². The Morgan fingerprint density at radius 3 is 2.50 bits per heavy atom. The first-order chi connectivity index (χ1) is 7.41. The lowest BCUT2D eigenvalue weighted by Crippen LogP contribution is -2.39. The van der Waals surface area contributed by atoms with Gasteiger partial charge in [0.1, 0.15) is 6.61 Å². The Labute approximate surface area is 91.8 Å². The number of hydrogen-bond acceptors (Lipinski definition) is 4. The number of ether oxygens (including phenoxy) is 1. The Kier molecular flexibility index (Phi) is 6.55. The van der Waals surface area contributed by atoms with Crippen molar-refractivity contribution in [2.24, 2.45) is 0 Å². The molecule has 0 rings (SSSR count). The number of nitrogens with one attached hydrogen (secondary N) is 1. The lowest BCUT2D eigenvalue weighted by Gasteiger charge is -2.13. The summed E-state index contributed by atoms with van der Waals surface area (Å²) in [6, 6.07) is 0. The largest absolute Gasteiger partial charge is 0.466 e. The van der Waals surface area contributed by atoms with Crippen LogP contribution in [0.25, 0.3) is 0 Å². The molecular formula is C9H15F2NO4. The molecule has 0 radical (unpaired) electrons. The summed E-state index contributed by atoms with van der Waals surface area (Å²) in [5.41, 5.74) is 0. The van der Waals surface area contributed by atoms with Crippen LogP contribution < -0.4 is 5.32 Å². The van der Waals surface area contributed by atoms with Crippen LogP contribution >= 0.6 is 0 Å². The molecule has 0 heterocycles. The van der Waals surface area contributed by atoms with Crippen LogP contribution in [-0.4, -0.2) is 42.7 Å². The molecule has 0 saturated carbocycles. The SMILES string of the molecule is CCOC(=O)CCC(=O)NCC(F)(F)CO. The van der Waals surface area contributed by atoms with Crippen LogP contribution in [0, 0.1) is 0 Å². The molecular weight excluding hydrogens is 224 g/mol. The average Bonchev–Trinajstić information content (AvgIpc) is 2.24. The van der Waals surface area contributed by atoms with Gasteiger partial charge in [0.05, 0.1) is 19.6 Å². The molecule has 0 bridgehead atoms. The van der Waals surface area contributed by atoms with Gasteiger partial charge in [-0.2, -0.15) is 0 Å². The molecule has 0 spiro atoms. The summed E-state index contributed by atoms with van der Waals surface area (Å²) in [4.78, 5) is 21.8. The van der Waals surface area contributed by atoms with Crippen molar-refractivity contribution in [1.29, 1.82) is 0 Å². The number of halogens is 2. The normalized spacial score (nSPS) is 11.0. The van der Waals surface area contributed by atoms with Crippen molar-refractivity contribution in [3.63, 3.8) is 0 Å². The maximum Gasteiger partial charge on any atom is 0.306 e. The van der Waals surface area contributed by atoms with Crippen LogP contribution in [0.4, 0.5) is 8.78 Å². The molecule has 0 unspecified atom stereocenters. The van der Waals surface area contributed by atoms with Gasteiger partial charge >= 0.3 is 5.97 Å². The van der Waals surface area contributed by atoms with Gasteiger partial charge in [-0.15, -0.1) is 0 Å². The van der Waals surface area contributed by atoms with Gasteiger partial charge in [0.15, 0.2) is 0 Å². The number of rotatable bonds is 7. The third kappa shape index (κ3) is 7.10. The van der Waals surface area contributed by atoms with Gasteiger partial charge in [-0.1, -0.05) is 0 Å². The topological polar surface area (TPSA) is 75.6 Å². The molecule has 16 heavy (non-hydrogen) atoms. The molecule has 0 aliphatic carbocycles. The second-order valence-electron chi connectivity index (χ2n) is 3.10. The first kappa shape index (κ1) is 14.8. The molecule has 2 N–H and O–H groups in total. The van der Waals surface area contributed by atoms with E-state index < -0.39 is 31.0 Å².